The van der Waals surface area contributed by atoms with E-state index >= 15 is 0 Å². The number of nitrogens with zero attached hydrogens (tertiary/aromatic N) is 2. The number of benzene rings is 8. The molecule has 44 heavy (non-hydrogen) atoms. The fourth-order valence-electron chi connectivity index (χ4n) is 6.93. The van der Waals surface area contributed by atoms with Gasteiger partial charge in [0.2, 0.25) is 0 Å². The van der Waals surface area contributed by atoms with Crippen molar-refractivity contribution >= 4 is 66.4 Å². The van der Waals surface area contributed by atoms with Crippen LogP contribution in [0.1, 0.15) is 0 Å². The first-order valence-corrected chi connectivity index (χ1v) is 15.1. The third-order valence-corrected chi connectivity index (χ3v) is 8.91. The van der Waals surface area contributed by atoms with Gasteiger partial charge in [-0.3, -0.25) is 0 Å². The van der Waals surface area contributed by atoms with Gasteiger partial charge in [0.05, 0.1) is 17.1 Å². The zero-order valence-corrected chi connectivity index (χ0v) is 24.1. The van der Waals surface area contributed by atoms with E-state index in [0.717, 1.165) is 22.7 Å². The Morgan fingerprint density at radius 2 is 1.00 bits per heavy atom. The molecule has 0 aromatic heterocycles. The quantitative estimate of drug-likeness (QED) is 0.211. The molecule has 0 radical (unpaired) electrons. The molecule has 0 aliphatic carbocycles. The van der Waals surface area contributed by atoms with Crippen molar-refractivity contribution < 1.29 is 0 Å². The zero-order valence-electron chi connectivity index (χ0n) is 24.1. The topological polar surface area (TPSA) is 6.48 Å². The van der Waals surface area contributed by atoms with Crippen LogP contribution >= 0.6 is 0 Å². The average molecular weight is 561 g/mol. The lowest BCUT2D eigenvalue weighted by molar-refractivity contribution is 1.27. The summed E-state index contributed by atoms with van der Waals surface area (Å²) in [5.74, 6) is 0. The van der Waals surface area contributed by atoms with Crippen molar-refractivity contribution in [2.45, 2.75) is 0 Å². The monoisotopic (exact) mass is 560 g/mol. The molecule has 0 spiro atoms. The summed E-state index contributed by atoms with van der Waals surface area (Å²) < 4.78 is 0. The Labute approximate surface area is 256 Å². The van der Waals surface area contributed by atoms with Crippen LogP contribution in [0.2, 0.25) is 0 Å². The second-order valence-electron chi connectivity index (χ2n) is 11.4. The van der Waals surface area contributed by atoms with Crippen LogP contribution < -0.4 is 9.80 Å². The molecule has 1 aliphatic rings. The van der Waals surface area contributed by atoms with E-state index in [2.05, 4.69) is 180 Å². The van der Waals surface area contributed by atoms with Crippen LogP contribution in [0, 0.1) is 0 Å². The zero-order chi connectivity index (χ0) is 29.0. The van der Waals surface area contributed by atoms with Crippen LogP contribution in [0.25, 0.3) is 43.4 Å². The Balaban J connectivity index is 1.24. The van der Waals surface area contributed by atoms with Gasteiger partial charge >= 0.3 is 0 Å². The predicted octanol–water partition coefficient (Wildman–Crippen LogP) is 12.1. The maximum atomic E-state index is 2.44. The Bertz CT molecular complexity index is 2330. The lowest BCUT2D eigenvalue weighted by atomic mass is 9.89. The second kappa shape index (κ2) is 9.86. The highest BCUT2D eigenvalue weighted by Gasteiger charge is 2.26. The van der Waals surface area contributed by atoms with E-state index in [9.17, 15) is 0 Å². The highest BCUT2D eigenvalue weighted by Crippen LogP contribution is 2.52. The summed E-state index contributed by atoms with van der Waals surface area (Å²) in [6.07, 6.45) is 0. The van der Waals surface area contributed by atoms with E-state index in [1.807, 2.05) is 0 Å². The summed E-state index contributed by atoms with van der Waals surface area (Å²) in [5, 5.41) is 7.50. The van der Waals surface area contributed by atoms with Crippen LogP contribution in [0.5, 0.6) is 0 Å². The SMILES string of the molecule is c1ccc(N(c2ccc(N3c4cc5ccccc5cc4-c4cccc5cccc3c45)cc2)c2cccc3ccccc23)cc1. The maximum absolute atomic E-state index is 2.44. The summed E-state index contributed by atoms with van der Waals surface area (Å²) in [6, 6.07) is 61.5. The Hall–Kier alpha value is -5.86. The minimum absolute atomic E-state index is 1.12. The predicted molar refractivity (Wildman–Crippen MR) is 187 cm³/mol. The van der Waals surface area contributed by atoms with Crippen LogP contribution in [-0.4, -0.2) is 0 Å². The van der Waals surface area contributed by atoms with Crippen LogP contribution in [0.15, 0.2) is 170 Å². The highest BCUT2D eigenvalue weighted by atomic mass is 15.2. The number of hydrogen-bond donors (Lipinski definition) is 0. The van der Waals surface area contributed by atoms with Gasteiger partial charge in [0.25, 0.3) is 0 Å². The summed E-state index contributed by atoms with van der Waals surface area (Å²) in [6.45, 7) is 0. The van der Waals surface area contributed by atoms with Crippen molar-refractivity contribution in [3.05, 3.63) is 170 Å². The van der Waals surface area contributed by atoms with E-state index in [0.29, 0.717) is 0 Å². The van der Waals surface area contributed by atoms with E-state index in [4.69, 9.17) is 0 Å². The molecule has 0 bridgehead atoms. The minimum Gasteiger partial charge on any atom is -0.310 e. The second-order valence-corrected chi connectivity index (χ2v) is 11.4. The van der Waals surface area contributed by atoms with Crippen LogP contribution in [-0.2, 0) is 0 Å². The Morgan fingerprint density at radius 3 is 1.82 bits per heavy atom. The molecule has 0 atom stereocenters. The molecule has 0 saturated heterocycles. The molecule has 1 aliphatic heterocycles. The first-order chi connectivity index (χ1) is 21.8. The first kappa shape index (κ1) is 24.7. The van der Waals surface area contributed by atoms with Crippen molar-refractivity contribution in [3.8, 4) is 11.1 Å². The molecule has 1 heterocycles. The number of anilines is 6. The molecule has 206 valence electrons. The molecular weight excluding hydrogens is 532 g/mol. The molecule has 8 aromatic rings. The number of rotatable bonds is 4. The average Bonchev–Trinajstić information content (AvgIpc) is 3.09. The van der Waals surface area contributed by atoms with Gasteiger partial charge in [-0.1, -0.05) is 109 Å². The van der Waals surface area contributed by atoms with Gasteiger partial charge in [0.15, 0.2) is 0 Å². The smallest absolute Gasteiger partial charge is 0.0546 e. The normalized spacial score (nSPS) is 12.0. The van der Waals surface area contributed by atoms with Crippen molar-refractivity contribution in [1.82, 2.24) is 0 Å². The lowest BCUT2D eigenvalue weighted by Crippen LogP contribution is -2.15. The van der Waals surface area contributed by atoms with Crippen molar-refractivity contribution in [2.75, 3.05) is 9.80 Å². The number of fused-ring (bicyclic) bond motifs is 4. The van der Waals surface area contributed by atoms with Gasteiger partial charge in [0, 0.05) is 33.4 Å². The minimum atomic E-state index is 1.12. The van der Waals surface area contributed by atoms with E-state index in [-0.39, 0.29) is 0 Å². The van der Waals surface area contributed by atoms with Gasteiger partial charge in [-0.05, 0) is 87.8 Å². The van der Waals surface area contributed by atoms with Crippen molar-refractivity contribution in [1.29, 1.82) is 0 Å². The fraction of sp³-hybridized carbons (Fsp3) is 0. The third-order valence-electron chi connectivity index (χ3n) is 8.91. The molecule has 0 N–H and O–H groups in total. The Kier molecular flexibility index (Phi) is 5.54. The summed E-state index contributed by atoms with van der Waals surface area (Å²) >= 11 is 0. The van der Waals surface area contributed by atoms with Crippen molar-refractivity contribution in [2.24, 2.45) is 0 Å². The third kappa shape index (κ3) is 3.82. The maximum Gasteiger partial charge on any atom is 0.0546 e. The highest BCUT2D eigenvalue weighted by molar-refractivity contribution is 6.15. The van der Waals surface area contributed by atoms with E-state index < -0.39 is 0 Å². The molecule has 0 saturated carbocycles. The first-order valence-electron chi connectivity index (χ1n) is 15.1. The fourth-order valence-corrected chi connectivity index (χ4v) is 6.93. The Morgan fingerprint density at radius 1 is 0.386 bits per heavy atom. The number of para-hydroxylation sites is 1. The van der Waals surface area contributed by atoms with Crippen LogP contribution in [0.3, 0.4) is 0 Å². The summed E-state index contributed by atoms with van der Waals surface area (Å²) in [5.41, 5.74) is 9.51. The standard InChI is InChI=1S/C42H28N2/c1-2-17-33(18-3-1)43(39-21-9-14-29-11-6-7-19-36(29)39)34-23-25-35(26-24-34)44-40-22-10-16-30-15-8-20-37(42(30)40)38-27-31-12-4-5-13-32(31)28-41(38)44/h1-28H. The lowest BCUT2D eigenvalue weighted by Gasteiger charge is -2.34. The molecule has 9 rings (SSSR count). The molecule has 0 unspecified atom stereocenters. The van der Waals surface area contributed by atoms with Gasteiger partial charge in [-0.15, -0.1) is 0 Å². The molecule has 0 fully saturated rings. The summed E-state index contributed by atoms with van der Waals surface area (Å²) in [4.78, 5) is 4.80. The largest absolute Gasteiger partial charge is 0.310 e. The van der Waals surface area contributed by atoms with Gasteiger partial charge in [0.1, 0.15) is 0 Å². The van der Waals surface area contributed by atoms with E-state index in [1.165, 1.54) is 54.8 Å². The number of hydrogen-bond acceptors (Lipinski definition) is 2. The van der Waals surface area contributed by atoms with Gasteiger partial charge < -0.3 is 9.80 Å². The van der Waals surface area contributed by atoms with Gasteiger partial charge in [-0.25, -0.2) is 0 Å². The molecular formula is C42H28N2. The van der Waals surface area contributed by atoms with Crippen LogP contribution in [0.4, 0.5) is 34.1 Å². The van der Waals surface area contributed by atoms with Gasteiger partial charge in [-0.2, -0.15) is 0 Å². The molecule has 2 heteroatoms. The molecule has 8 aromatic carbocycles. The van der Waals surface area contributed by atoms with E-state index in [1.54, 1.807) is 0 Å². The van der Waals surface area contributed by atoms with Crippen molar-refractivity contribution in [3.63, 3.8) is 0 Å². The molecule has 2 nitrogen and oxygen atoms in total. The molecule has 0 amide bonds. The summed E-state index contributed by atoms with van der Waals surface area (Å²) in [7, 11) is 0.